The Kier molecular flexibility index (Phi) is 5.48. The maximum absolute atomic E-state index is 11.9. The number of nitrogens with zero attached hydrogens (tertiary/aromatic N) is 6. The third-order valence-electron chi connectivity index (χ3n) is 5.24. The van der Waals surface area contributed by atoms with E-state index in [0.717, 1.165) is 32.6 Å². The first-order chi connectivity index (χ1) is 13.7. The zero-order valence-electron chi connectivity index (χ0n) is 15.8. The Balaban J connectivity index is 1.50. The summed E-state index contributed by atoms with van der Waals surface area (Å²) in [5, 5.41) is 11.9. The highest BCUT2D eigenvalue weighted by molar-refractivity contribution is 5.71. The van der Waals surface area contributed by atoms with E-state index >= 15 is 0 Å². The van der Waals surface area contributed by atoms with Gasteiger partial charge in [-0.25, -0.2) is 9.97 Å². The number of anilines is 2. The van der Waals surface area contributed by atoms with E-state index in [1.54, 1.807) is 0 Å². The quantitative estimate of drug-likeness (QED) is 0.448. The molecule has 3 heterocycles. The van der Waals surface area contributed by atoms with E-state index in [-0.39, 0.29) is 10.6 Å². The molecule has 0 spiro atoms. The molecule has 4 rings (SSSR count). The molecule has 0 bridgehead atoms. The third-order valence-corrected chi connectivity index (χ3v) is 5.24. The minimum atomic E-state index is -0.334. The van der Waals surface area contributed by atoms with Crippen LogP contribution in [0.3, 0.4) is 0 Å². The fourth-order valence-corrected chi connectivity index (χ4v) is 3.78. The van der Waals surface area contributed by atoms with Crippen LogP contribution >= 0.6 is 0 Å². The summed E-state index contributed by atoms with van der Waals surface area (Å²) in [6.07, 6.45) is 6.44. The van der Waals surface area contributed by atoms with Gasteiger partial charge in [0.1, 0.15) is 6.33 Å². The van der Waals surface area contributed by atoms with Crippen molar-refractivity contribution in [3.8, 4) is 0 Å². The lowest BCUT2D eigenvalue weighted by Gasteiger charge is -2.35. The minimum Gasteiger partial charge on any atom is -0.348 e. The Labute approximate surface area is 164 Å². The van der Waals surface area contributed by atoms with Crippen LogP contribution in [0, 0.1) is 10.1 Å². The Morgan fingerprint density at radius 1 is 0.929 bits per heavy atom. The molecule has 1 aromatic carbocycles. The van der Waals surface area contributed by atoms with E-state index in [2.05, 4.69) is 33.1 Å². The molecule has 2 aliphatic heterocycles. The second-order valence-electron chi connectivity index (χ2n) is 7.08. The molecule has 0 N–H and O–H groups in total. The highest BCUT2D eigenvalue weighted by Crippen LogP contribution is 2.35. The van der Waals surface area contributed by atoms with Crippen LogP contribution in [-0.4, -0.2) is 59.1 Å². The standard InChI is InChI=1S/C20H24N6O2/c27-26(28)18-19(24-9-5-2-6-10-24)21-16-22-20(18)25-13-11-23(12-14-25)15-17-7-3-1-4-8-17/h1-5,7-8,16H,6,9-15H2. The molecule has 146 valence electrons. The molecule has 0 radical (unpaired) electrons. The molecule has 0 amide bonds. The van der Waals surface area contributed by atoms with Crippen molar-refractivity contribution < 1.29 is 4.92 Å². The summed E-state index contributed by atoms with van der Waals surface area (Å²) in [6.45, 7) is 5.39. The summed E-state index contributed by atoms with van der Waals surface area (Å²) in [4.78, 5) is 26.4. The summed E-state index contributed by atoms with van der Waals surface area (Å²) in [5.41, 5.74) is 1.30. The fourth-order valence-electron chi connectivity index (χ4n) is 3.78. The lowest BCUT2D eigenvalue weighted by molar-refractivity contribution is -0.383. The highest BCUT2D eigenvalue weighted by atomic mass is 16.6. The minimum absolute atomic E-state index is 0.0225. The summed E-state index contributed by atoms with van der Waals surface area (Å²) >= 11 is 0. The summed E-state index contributed by atoms with van der Waals surface area (Å²) in [6, 6.07) is 10.4. The van der Waals surface area contributed by atoms with Crippen molar-refractivity contribution in [2.45, 2.75) is 13.0 Å². The lowest BCUT2D eigenvalue weighted by Crippen LogP contribution is -2.46. The van der Waals surface area contributed by atoms with Gasteiger partial charge in [0.05, 0.1) is 4.92 Å². The number of hydrogen-bond acceptors (Lipinski definition) is 7. The average Bonchev–Trinajstić information content (AvgIpc) is 2.75. The molecule has 0 saturated carbocycles. The highest BCUT2D eigenvalue weighted by Gasteiger charge is 2.31. The van der Waals surface area contributed by atoms with Crippen LogP contribution in [-0.2, 0) is 6.54 Å². The summed E-state index contributed by atoms with van der Waals surface area (Å²) in [7, 11) is 0. The van der Waals surface area contributed by atoms with Crippen LogP contribution in [0.25, 0.3) is 0 Å². The largest absolute Gasteiger partial charge is 0.353 e. The molecule has 1 fully saturated rings. The van der Waals surface area contributed by atoms with Gasteiger partial charge >= 0.3 is 5.69 Å². The van der Waals surface area contributed by atoms with Crippen molar-refractivity contribution in [2.24, 2.45) is 0 Å². The molecule has 1 aromatic heterocycles. The van der Waals surface area contributed by atoms with Crippen LogP contribution < -0.4 is 9.80 Å². The van der Waals surface area contributed by atoms with Crippen molar-refractivity contribution in [1.82, 2.24) is 14.9 Å². The normalized spacial score (nSPS) is 17.7. The maximum Gasteiger partial charge on any atom is 0.353 e. The zero-order chi connectivity index (χ0) is 19.3. The van der Waals surface area contributed by atoms with Crippen molar-refractivity contribution in [3.05, 3.63) is 64.5 Å². The SMILES string of the molecule is O=[N+]([O-])c1c(N2CC=CCC2)ncnc1N1CCN(Cc2ccccc2)CC1. The third kappa shape index (κ3) is 3.96. The Bertz CT molecular complexity index is 849. The van der Waals surface area contributed by atoms with Gasteiger partial charge in [0, 0.05) is 45.8 Å². The number of rotatable bonds is 5. The van der Waals surface area contributed by atoms with Crippen molar-refractivity contribution in [2.75, 3.05) is 49.1 Å². The van der Waals surface area contributed by atoms with Gasteiger partial charge < -0.3 is 9.80 Å². The average molecular weight is 380 g/mol. The zero-order valence-corrected chi connectivity index (χ0v) is 15.8. The van der Waals surface area contributed by atoms with Gasteiger partial charge in [-0.1, -0.05) is 42.5 Å². The van der Waals surface area contributed by atoms with Crippen LogP contribution in [0.4, 0.5) is 17.3 Å². The first-order valence-electron chi connectivity index (χ1n) is 9.63. The van der Waals surface area contributed by atoms with Gasteiger partial charge in [-0.2, -0.15) is 0 Å². The molecule has 8 nitrogen and oxygen atoms in total. The predicted molar refractivity (Wildman–Crippen MR) is 109 cm³/mol. The Morgan fingerprint density at radius 3 is 2.29 bits per heavy atom. The van der Waals surface area contributed by atoms with E-state index in [1.165, 1.54) is 11.9 Å². The molecule has 0 unspecified atom stereocenters. The predicted octanol–water partition coefficient (Wildman–Crippen LogP) is 2.47. The lowest BCUT2D eigenvalue weighted by atomic mass is 10.2. The molecule has 2 aromatic rings. The van der Waals surface area contributed by atoms with Crippen LogP contribution in [0.2, 0.25) is 0 Å². The second kappa shape index (κ2) is 8.35. The molecular weight excluding hydrogens is 356 g/mol. The topological polar surface area (TPSA) is 78.6 Å². The molecule has 1 saturated heterocycles. The Hall–Kier alpha value is -3.00. The van der Waals surface area contributed by atoms with E-state index in [1.807, 2.05) is 34.1 Å². The number of benzene rings is 1. The molecule has 8 heteroatoms. The Morgan fingerprint density at radius 2 is 1.64 bits per heavy atom. The van der Waals surface area contributed by atoms with Gasteiger partial charge in [-0.05, 0) is 12.0 Å². The summed E-state index contributed by atoms with van der Waals surface area (Å²) < 4.78 is 0. The van der Waals surface area contributed by atoms with E-state index < -0.39 is 0 Å². The first-order valence-corrected chi connectivity index (χ1v) is 9.63. The van der Waals surface area contributed by atoms with Crippen LogP contribution in [0.15, 0.2) is 48.8 Å². The van der Waals surface area contributed by atoms with Crippen molar-refractivity contribution >= 4 is 17.3 Å². The van der Waals surface area contributed by atoms with Crippen molar-refractivity contribution in [3.63, 3.8) is 0 Å². The first kappa shape index (κ1) is 18.4. The van der Waals surface area contributed by atoms with Gasteiger partial charge in [-0.3, -0.25) is 15.0 Å². The molecule has 2 aliphatic rings. The number of hydrogen-bond donors (Lipinski definition) is 0. The van der Waals surface area contributed by atoms with Crippen LogP contribution in [0.1, 0.15) is 12.0 Å². The van der Waals surface area contributed by atoms with E-state index in [4.69, 9.17) is 0 Å². The number of nitro groups is 1. The summed E-state index contributed by atoms with van der Waals surface area (Å²) in [5.74, 6) is 0.856. The van der Waals surface area contributed by atoms with Gasteiger partial charge in [0.25, 0.3) is 0 Å². The van der Waals surface area contributed by atoms with Gasteiger partial charge in [0.2, 0.25) is 11.6 Å². The number of piperazine rings is 1. The van der Waals surface area contributed by atoms with Gasteiger partial charge in [-0.15, -0.1) is 0 Å². The molecular formula is C20H24N6O2. The molecule has 28 heavy (non-hydrogen) atoms. The smallest absolute Gasteiger partial charge is 0.348 e. The monoisotopic (exact) mass is 380 g/mol. The van der Waals surface area contributed by atoms with Crippen molar-refractivity contribution in [1.29, 1.82) is 0 Å². The second-order valence-corrected chi connectivity index (χ2v) is 7.08. The van der Waals surface area contributed by atoms with E-state index in [0.29, 0.717) is 31.3 Å². The molecule has 0 aliphatic carbocycles. The maximum atomic E-state index is 11.9. The fraction of sp³-hybridized carbons (Fsp3) is 0.400. The number of aromatic nitrogens is 2. The van der Waals surface area contributed by atoms with Gasteiger partial charge in [0.15, 0.2) is 0 Å². The molecule has 0 atom stereocenters. The van der Waals surface area contributed by atoms with Crippen LogP contribution in [0.5, 0.6) is 0 Å². The van der Waals surface area contributed by atoms with E-state index in [9.17, 15) is 10.1 Å².